The third-order valence-electron chi connectivity index (χ3n) is 2.25. The van der Waals surface area contributed by atoms with Crippen molar-refractivity contribution in [2.75, 3.05) is 0 Å². The van der Waals surface area contributed by atoms with Crippen LogP contribution in [-0.4, -0.2) is 15.0 Å². The van der Waals surface area contributed by atoms with E-state index >= 15 is 0 Å². The lowest BCUT2D eigenvalue weighted by atomic mass is 10.2. The van der Waals surface area contributed by atoms with Crippen molar-refractivity contribution in [3.63, 3.8) is 0 Å². The van der Waals surface area contributed by atoms with Gasteiger partial charge in [-0.25, -0.2) is 15.0 Å². The summed E-state index contributed by atoms with van der Waals surface area (Å²) in [5, 5.41) is 3.71. The molecule has 0 aliphatic rings. The van der Waals surface area contributed by atoms with Crippen LogP contribution in [0.3, 0.4) is 0 Å². The van der Waals surface area contributed by atoms with E-state index in [4.69, 9.17) is 23.2 Å². The first-order valence-corrected chi connectivity index (χ1v) is 6.89. The van der Waals surface area contributed by atoms with E-state index in [1.807, 2.05) is 12.3 Å². The number of aromatic nitrogens is 3. The van der Waals surface area contributed by atoms with Crippen LogP contribution >= 0.6 is 34.5 Å². The fraction of sp³-hybridized carbons (Fsp3) is 0.364. The first-order chi connectivity index (χ1) is 8.11. The second-order valence-electron chi connectivity index (χ2n) is 3.61. The van der Waals surface area contributed by atoms with Crippen molar-refractivity contribution in [3.05, 3.63) is 26.3 Å². The lowest BCUT2D eigenvalue weighted by molar-refractivity contribution is 0.902. The van der Waals surface area contributed by atoms with Crippen LogP contribution in [0.25, 0.3) is 11.5 Å². The normalized spacial score (nSPS) is 10.8. The van der Waals surface area contributed by atoms with Crippen LogP contribution < -0.4 is 0 Å². The molecule has 0 aliphatic carbocycles. The minimum absolute atomic E-state index is 0.424. The van der Waals surface area contributed by atoms with Gasteiger partial charge in [0.15, 0.2) is 5.82 Å². The summed E-state index contributed by atoms with van der Waals surface area (Å²) in [6, 6.07) is 0. The highest BCUT2D eigenvalue weighted by Crippen LogP contribution is 2.27. The van der Waals surface area contributed by atoms with Gasteiger partial charge >= 0.3 is 0 Å². The van der Waals surface area contributed by atoms with E-state index in [0.717, 1.165) is 29.1 Å². The van der Waals surface area contributed by atoms with Crippen molar-refractivity contribution < 1.29 is 0 Å². The third kappa shape index (κ3) is 2.76. The Kier molecular flexibility index (Phi) is 3.97. The van der Waals surface area contributed by atoms with Crippen LogP contribution in [0.1, 0.15) is 23.9 Å². The maximum Gasteiger partial charge on any atom is 0.181 e. The summed E-state index contributed by atoms with van der Waals surface area (Å²) in [6.07, 6.45) is 1.74. The number of hydrogen-bond donors (Lipinski definition) is 0. The quantitative estimate of drug-likeness (QED) is 0.796. The van der Waals surface area contributed by atoms with E-state index in [-0.39, 0.29) is 0 Å². The molecule has 0 bridgehead atoms. The third-order valence-corrected chi connectivity index (χ3v) is 3.65. The van der Waals surface area contributed by atoms with Gasteiger partial charge in [0.1, 0.15) is 16.0 Å². The molecule has 6 heteroatoms. The molecule has 0 N–H and O–H groups in total. The Labute approximate surface area is 114 Å². The van der Waals surface area contributed by atoms with Crippen LogP contribution in [0.4, 0.5) is 0 Å². The van der Waals surface area contributed by atoms with Crippen molar-refractivity contribution in [2.45, 2.75) is 26.7 Å². The van der Waals surface area contributed by atoms with Crippen LogP contribution in [0.5, 0.6) is 0 Å². The Morgan fingerprint density at radius 3 is 2.29 bits per heavy atom. The van der Waals surface area contributed by atoms with E-state index in [9.17, 15) is 0 Å². The van der Waals surface area contributed by atoms with Crippen molar-refractivity contribution in [3.8, 4) is 11.5 Å². The summed E-state index contributed by atoms with van der Waals surface area (Å²) >= 11 is 13.8. The first-order valence-electron chi connectivity index (χ1n) is 5.26. The molecule has 0 saturated carbocycles. The molecule has 2 aromatic rings. The van der Waals surface area contributed by atoms with E-state index < -0.39 is 0 Å². The molecular formula is C11H11Cl2N3S. The second-order valence-corrected chi connectivity index (χ2v) is 5.39. The fourth-order valence-corrected chi connectivity index (χ4v) is 2.64. The van der Waals surface area contributed by atoms with E-state index in [0.29, 0.717) is 16.1 Å². The number of rotatable bonds is 3. The van der Waals surface area contributed by atoms with Gasteiger partial charge in [-0.05, 0) is 13.3 Å². The van der Waals surface area contributed by atoms with E-state index in [2.05, 4.69) is 21.9 Å². The molecule has 3 nitrogen and oxygen atoms in total. The highest BCUT2D eigenvalue weighted by Gasteiger charge is 2.13. The molecule has 2 rings (SSSR count). The molecular weight excluding hydrogens is 277 g/mol. The van der Waals surface area contributed by atoms with Crippen molar-refractivity contribution >= 4 is 34.5 Å². The highest BCUT2D eigenvalue weighted by atomic mass is 35.5. The molecule has 17 heavy (non-hydrogen) atoms. The standard InChI is InChI=1S/C11H11Cl2N3S/c1-3-4-7-9(12)15-11(16-10(7)13)8-5-17-6(2)14-8/h5H,3-4H2,1-2H3. The number of nitrogens with zero attached hydrogens (tertiary/aromatic N) is 3. The van der Waals surface area contributed by atoms with Gasteiger partial charge in [0.05, 0.1) is 5.01 Å². The van der Waals surface area contributed by atoms with Gasteiger partial charge in [-0.1, -0.05) is 36.5 Å². The maximum atomic E-state index is 6.11. The van der Waals surface area contributed by atoms with Gasteiger partial charge in [-0.3, -0.25) is 0 Å². The summed E-state index contributed by atoms with van der Waals surface area (Å²) in [7, 11) is 0. The first kappa shape index (κ1) is 12.7. The molecule has 0 aliphatic heterocycles. The van der Waals surface area contributed by atoms with Crippen molar-refractivity contribution in [2.24, 2.45) is 0 Å². The number of hydrogen-bond acceptors (Lipinski definition) is 4. The molecule has 0 amide bonds. The molecule has 0 unspecified atom stereocenters. The summed E-state index contributed by atoms with van der Waals surface area (Å²) in [5.74, 6) is 0.490. The van der Waals surface area contributed by atoms with Crippen LogP contribution in [0.2, 0.25) is 10.3 Å². The van der Waals surface area contributed by atoms with Gasteiger partial charge in [0, 0.05) is 10.9 Å². The van der Waals surface area contributed by atoms with Crippen LogP contribution in [0.15, 0.2) is 5.38 Å². The van der Waals surface area contributed by atoms with E-state index in [1.54, 1.807) is 11.3 Å². The summed E-state index contributed by atoms with van der Waals surface area (Å²) in [4.78, 5) is 12.8. The maximum absolute atomic E-state index is 6.11. The van der Waals surface area contributed by atoms with Crippen LogP contribution in [0, 0.1) is 6.92 Å². The summed E-state index contributed by atoms with van der Waals surface area (Å²) in [5.41, 5.74) is 1.53. The molecule has 0 fully saturated rings. The molecule has 0 spiro atoms. The lowest BCUT2D eigenvalue weighted by Crippen LogP contribution is -1.97. The smallest absolute Gasteiger partial charge is 0.181 e. The zero-order valence-electron chi connectivity index (χ0n) is 9.50. The molecule has 90 valence electrons. The molecule has 0 saturated heterocycles. The van der Waals surface area contributed by atoms with Gasteiger partial charge in [-0.2, -0.15) is 0 Å². The molecule has 2 heterocycles. The van der Waals surface area contributed by atoms with Gasteiger partial charge < -0.3 is 0 Å². The predicted molar refractivity (Wildman–Crippen MR) is 71.9 cm³/mol. The zero-order chi connectivity index (χ0) is 12.4. The SMILES string of the molecule is CCCc1c(Cl)nc(-c2csc(C)n2)nc1Cl. The highest BCUT2D eigenvalue weighted by molar-refractivity contribution is 7.09. The Balaban J connectivity index is 2.45. The number of halogens is 2. The van der Waals surface area contributed by atoms with Gasteiger partial charge in [0.2, 0.25) is 0 Å². The minimum atomic E-state index is 0.424. The van der Waals surface area contributed by atoms with Crippen molar-refractivity contribution in [1.29, 1.82) is 0 Å². The van der Waals surface area contributed by atoms with Gasteiger partial charge in [-0.15, -0.1) is 11.3 Å². The number of thiazole rings is 1. The predicted octanol–water partition coefficient (Wildman–Crippen LogP) is 4.17. The Bertz CT molecular complexity index is 516. The Hall–Kier alpha value is -0.710. The molecule has 2 aromatic heterocycles. The minimum Gasteiger partial charge on any atom is -0.238 e. The average molecular weight is 288 g/mol. The van der Waals surface area contributed by atoms with E-state index in [1.165, 1.54) is 0 Å². The fourth-order valence-electron chi connectivity index (χ4n) is 1.47. The zero-order valence-corrected chi connectivity index (χ0v) is 11.8. The number of aryl methyl sites for hydroxylation is 1. The second kappa shape index (κ2) is 5.29. The summed E-state index contributed by atoms with van der Waals surface area (Å²) < 4.78 is 0. The monoisotopic (exact) mass is 287 g/mol. The molecule has 0 atom stereocenters. The van der Waals surface area contributed by atoms with Crippen LogP contribution in [-0.2, 0) is 6.42 Å². The molecule has 0 radical (unpaired) electrons. The largest absolute Gasteiger partial charge is 0.238 e. The average Bonchev–Trinajstić information content (AvgIpc) is 2.70. The van der Waals surface area contributed by atoms with Crippen molar-refractivity contribution in [1.82, 2.24) is 15.0 Å². The Morgan fingerprint density at radius 1 is 1.18 bits per heavy atom. The Morgan fingerprint density at radius 2 is 1.82 bits per heavy atom. The molecule has 0 aromatic carbocycles. The summed E-state index contributed by atoms with van der Waals surface area (Å²) in [6.45, 7) is 3.99. The topological polar surface area (TPSA) is 38.7 Å². The van der Waals surface area contributed by atoms with Gasteiger partial charge in [0.25, 0.3) is 0 Å². The lowest BCUT2D eigenvalue weighted by Gasteiger charge is -2.05.